The molecule has 2 N–H and O–H groups in total. The molecular formula is C11H12BrF2NO3. The number of alkyl halides is 2. The highest BCUT2D eigenvalue weighted by molar-refractivity contribution is 9.10. The van der Waals surface area contributed by atoms with E-state index in [9.17, 15) is 13.6 Å². The number of nitrogens with one attached hydrogen (secondary N) is 1. The number of ether oxygens (including phenoxy) is 1. The molecule has 0 spiro atoms. The van der Waals surface area contributed by atoms with Crippen LogP contribution in [0, 0.1) is 0 Å². The molecule has 4 nitrogen and oxygen atoms in total. The van der Waals surface area contributed by atoms with E-state index in [4.69, 9.17) is 9.84 Å². The van der Waals surface area contributed by atoms with Crippen molar-refractivity contribution in [3.05, 3.63) is 28.7 Å². The van der Waals surface area contributed by atoms with E-state index in [-0.39, 0.29) is 6.61 Å². The van der Waals surface area contributed by atoms with Gasteiger partial charge in [0.25, 0.3) is 11.8 Å². The van der Waals surface area contributed by atoms with Crippen LogP contribution >= 0.6 is 15.9 Å². The lowest BCUT2D eigenvalue weighted by atomic mass is 10.3. The van der Waals surface area contributed by atoms with Crippen LogP contribution in [0.25, 0.3) is 0 Å². The van der Waals surface area contributed by atoms with Gasteiger partial charge in [-0.3, -0.25) is 4.79 Å². The summed E-state index contributed by atoms with van der Waals surface area (Å²) in [7, 11) is 0. The van der Waals surface area contributed by atoms with Crippen LogP contribution in [0.5, 0.6) is 5.75 Å². The maximum Gasteiger partial charge on any atom is 0.287 e. The van der Waals surface area contributed by atoms with Crippen molar-refractivity contribution in [1.29, 1.82) is 0 Å². The van der Waals surface area contributed by atoms with Gasteiger partial charge in [-0.2, -0.15) is 0 Å². The minimum atomic E-state index is -3.31. The van der Waals surface area contributed by atoms with Crippen molar-refractivity contribution in [2.24, 2.45) is 0 Å². The smallest absolute Gasteiger partial charge is 0.287 e. The lowest BCUT2D eigenvalue weighted by Crippen LogP contribution is -2.40. The molecule has 0 aromatic heterocycles. The van der Waals surface area contributed by atoms with Gasteiger partial charge in [0.15, 0.2) is 6.61 Å². The zero-order valence-corrected chi connectivity index (χ0v) is 10.9. The van der Waals surface area contributed by atoms with E-state index >= 15 is 0 Å². The number of benzene rings is 1. The number of halogens is 3. The molecule has 7 heteroatoms. The molecule has 0 atom stereocenters. The summed E-state index contributed by atoms with van der Waals surface area (Å²) in [6, 6.07) is 6.79. The Hall–Kier alpha value is -1.21. The van der Waals surface area contributed by atoms with Gasteiger partial charge in [-0.1, -0.05) is 22.0 Å². The summed E-state index contributed by atoms with van der Waals surface area (Å²) < 4.78 is 31.1. The van der Waals surface area contributed by atoms with E-state index in [1.54, 1.807) is 24.3 Å². The van der Waals surface area contributed by atoms with Gasteiger partial charge >= 0.3 is 0 Å². The Kier molecular flexibility index (Phi) is 5.49. The molecule has 18 heavy (non-hydrogen) atoms. The minimum absolute atomic E-state index is 0.363. The molecule has 100 valence electrons. The number of carbonyl (C=O) groups excluding carboxylic acids is 1. The minimum Gasteiger partial charge on any atom is -0.484 e. The highest BCUT2D eigenvalue weighted by Gasteiger charge is 2.28. The van der Waals surface area contributed by atoms with Crippen molar-refractivity contribution >= 4 is 21.8 Å². The highest BCUT2D eigenvalue weighted by atomic mass is 79.9. The van der Waals surface area contributed by atoms with Crippen LogP contribution in [0.3, 0.4) is 0 Å². The monoisotopic (exact) mass is 323 g/mol. The second kappa shape index (κ2) is 6.65. The molecule has 0 bridgehead atoms. The van der Waals surface area contributed by atoms with Gasteiger partial charge in [0.2, 0.25) is 0 Å². The molecule has 0 heterocycles. The Balaban J connectivity index is 2.34. The predicted molar refractivity (Wildman–Crippen MR) is 64.7 cm³/mol. The molecule has 0 aliphatic rings. The Morgan fingerprint density at radius 1 is 1.50 bits per heavy atom. The second-order valence-electron chi connectivity index (χ2n) is 3.54. The number of rotatable bonds is 6. The number of aliphatic hydroxyl groups excluding tert-OH is 1. The topological polar surface area (TPSA) is 58.6 Å². The second-order valence-corrected chi connectivity index (χ2v) is 4.45. The van der Waals surface area contributed by atoms with E-state index in [0.717, 1.165) is 4.47 Å². The lowest BCUT2D eigenvalue weighted by Gasteiger charge is -2.14. The Morgan fingerprint density at radius 2 is 2.22 bits per heavy atom. The van der Waals surface area contributed by atoms with Crippen molar-refractivity contribution in [1.82, 2.24) is 5.32 Å². The predicted octanol–water partition coefficient (Wildman–Crippen LogP) is 1.57. The van der Waals surface area contributed by atoms with Gasteiger partial charge in [0.1, 0.15) is 12.4 Å². The van der Waals surface area contributed by atoms with E-state index in [0.29, 0.717) is 5.75 Å². The molecule has 0 radical (unpaired) electrons. The first kappa shape index (κ1) is 14.8. The standard InChI is InChI=1S/C11H12BrF2NO3/c12-8-2-1-3-9(4-8)18-5-10(17)15-6-11(13,14)7-16/h1-4,16H,5-7H2,(H,15,17). The number of hydrogen-bond acceptors (Lipinski definition) is 3. The molecule has 0 fully saturated rings. The molecule has 0 aliphatic carbocycles. The number of carbonyl (C=O) groups is 1. The molecule has 0 unspecified atom stereocenters. The van der Waals surface area contributed by atoms with Gasteiger partial charge in [0.05, 0.1) is 6.54 Å². The van der Waals surface area contributed by atoms with Crippen LogP contribution in [0.2, 0.25) is 0 Å². The van der Waals surface area contributed by atoms with Gasteiger partial charge in [0, 0.05) is 4.47 Å². The summed E-state index contributed by atoms with van der Waals surface area (Å²) in [5.41, 5.74) is 0. The highest BCUT2D eigenvalue weighted by Crippen LogP contribution is 2.17. The van der Waals surface area contributed by atoms with Crippen molar-refractivity contribution in [2.45, 2.75) is 5.92 Å². The van der Waals surface area contributed by atoms with Crippen LogP contribution in [0.15, 0.2) is 28.7 Å². The molecule has 1 rings (SSSR count). The zero-order chi connectivity index (χ0) is 13.6. The largest absolute Gasteiger partial charge is 0.484 e. The maximum atomic E-state index is 12.6. The molecule has 0 saturated carbocycles. The third-order valence-electron chi connectivity index (χ3n) is 1.94. The van der Waals surface area contributed by atoms with Crippen molar-refractivity contribution in [3.8, 4) is 5.75 Å². The summed E-state index contributed by atoms with van der Waals surface area (Å²) in [5.74, 6) is -3.54. The molecule has 1 aromatic carbocycles. The number of amides is 1. The summed E-state index contributed by atoms with van der Waals surface area (Å²) in [4.78, 5) is 11.2. The fourth-order valence-electron chi connectivity index (χ4n) is 1.04. The molecule has 1 aromatic rings. The van der Waals surface area contributed by atoms with Crippen LogP contribution in [0.1, 0.15) is 0 Å². The first-order valence-electron chi connectivity index (χ1n) is 5.07. The number of hydrogen-bond donors (Lipinski definition) is 2. The summed E-state index contributed by atoms with van der Waals surface area (Å²) in [6.45, 7) is -2.58. The average molecular weight is 324 g/mol. The quantitative estimate of drug-likeness (QED) is 0.835. The van der Waals surface area contributed by atoms with Gasteiger partial charge in [-0.25, -0.2) is 8.78 Å². The summed E-state index contributed by atoms with van der Waals surface area (Å²) in [6.07, 6.45) is 0. The number of aliphatic hydroxyl groups is 1. The van der Waals surface area contributed by atoms with Crippen LogP contribution in [-0.4, -0.2) is 36.7 Å². The molecular weight excluding hydrogens is 312 g/mol. The summed E-state index contributed by atoms with van der Waals surface area (Å²) >= 11 is 3.23. The third-order valence-corrected chi connectivity index (χ3v) is 2.43. The molecule has 0 saturated heterocycles. The van der Waals surface area contributed by atoms with Crippen molar-refractivity contribution < 1.29 is 23.4 Å². The summed E-state index contributed by atoms with van der Waals surface area (Å²) in [5, 5.41) is 10.3. The SMILES string of the molecule is O=C(COc1cccc(Br)c1)NCC(F)(F)CO. The van der Waals surface area contributed by atoms with Crippen LogP contribution in [-0.2, 0) is 4.79 Å². The van der Waals surface area contributed by atoms with Crippen LogP contribution in [0.4, 0.5) is 8.78 Å². The van der Waals surface area contributed by atoms with E-state index in [1.165, 1.54) is 0 Å². The van der Waals surface area contributed by atoms with Crippen LogP contribution < -0.4 is 10.1 Å². The van der Waals surface area contributed by atoms with Crippen molar-refractivity contribution in [2.75, 3.05) is 19.8 Å². The Bertz CT molecular complexity index is 415. The fraction of sp³-hybridized carbons (Fsp3) is 0.364. The van der Waals surface area contributed by atoms with Gasteiger partial charge < -0.3 is 15.2 Å². The third kappa shape index (κ3) is 5.42. The molecule has 0 aliphatic heterocycles. The zero-order valence-electron chi connectivity index (χ0n) is 9.33. The van der Waals surface area contributed by atoms with Gasteiger partial charge in [-0.15, -0.1) is 0 Å². The average Bonchev–Trinajstić information content (AvgIpc) is 2.34. The van der Waals surface area contributed by atoms with E-state index in [2.05, 4.69) is 15.9 Å². The fourth-order valence-corrected chi connectivity index (χ4v) is 1.42. The molecule has 1 amide bonds. The normalized spacial score (nSPS) is 11.1. The Morgan fingerprint density at radius 3 is 2.83 bits per heavy atom. The maximum absolute atomic E-state index is 12.6. The van der Waals surface area contributed by atoms with E-state index < -0.39 is 25.0 Å². The van der Waals surface area contributed by atoms with E-state index in [1.807, 2.05) is 5.32 Å². The lowest BCUT2D eigenvalue weighted by molar-refractivity contribution is -0.126. The van der Waals surface area contributed by atoms with Crippen molar-refractivity contribution in [3.63, 3.8) is 0 Å². The van der Waals surface area contributed by atoms with Gasteiger partial charge in [-0.05, 0) is 18.2 Å². The first-order valence-corrected chi connectivity index (χ1v) is 5.86. The Labute approximate surface area is 111 Å². The first-order chi connectivity index (χ1) is 8.43.